The number of hydrogen-bond acceptors (Lipinski definition) is 2. The lowest BCUT2D eigenvalue weighted by Crippen LogP contribution is -2.46. The summed E-state index contributed by atoms with van der Waals surface area (Å²) in [5.41, 5.74) is 0.360. The molecule has 1 aliphatic carbocycles. The molecule has 2 atom stereocenters. The Morgan fingerprint density at radius 3 is 2.19 bits per heavy atom. The Kier molecular flexibility index (Phi) is 4.81. The standard InChI is InChI=1S/C14H30N2/c1-11(12-7-8-12)15-13(14(2,3)4)9-10-16(5)6/h11-13,15H,7-10H2,1-6H3. The topological polar surface area (TPSA) is 15.3 Å². The molecule has 0 aromatic rings. The highest BCUT2D eigenvalue weighted by atomic mass is 15.1. The molecule has 1 rings (SSSR count). The lowest BCUT2D eigenvalue weighted by molar-refractivity contribution is 0.212. The van der Waals surface area contributed by atoms with Crippen molar-refractivity contribution in [3.63, 3.8) is 0 Å². The first-order chi connectivity index (χ1) is 7.30. The predicted molar refractivity (Wildman–Crippen MR) is 71.7 cm³/mol. The largest absolute Gasteiger partial charge is 0.311 e. The van der Waals surface area contributed by atoms with Crippen molar-refractivity contribution in [2.24, 2.45) is 11.3 Å². The van der Waals surface area contributed by atoms with Crippen molar-refractivity contribution >= 4 is 0 Å². The minimum Gasteiger partial charge on any atom is -0.311 e. The molecule has 1 aliphatic rings. The molecule has 0 aromatic carbocycles. The van der Waals surface area contributed by atoms with Crippen LogP contribution in [0.3, 0.4) is 0 Å². The summed E-state index contributed by atoms with van der Waals surface area (Å²) < 4.78 is 0. The van der Waals surface area contributed by atoms with Gasteiger partial charge in [0.2, 0.25) is 0 Å². The van der Waals surface area contributed by atoms with Gasteiger partial charge in [0.05, 0.1) is 0 Å². The van der Waals surface area contributed by atoms with E-state index in [1.807, 2.05) is 0 Å². The lowest BCUT2D eigenvalue weighted by atomic mass is 9.84. The zero-order valence-electron chi connectivity index (χ0n) is 12.0. The third-order valence-electron chi connectivity index (χ3n) is 3.70. The van der Waals surface area contributed by atoms with Crippen LogP contribution < -0.4 is 5.32 Å². The zero-order valence-corrected chi connectivity index (χ0v) is 12.0. The van der Waals surface area contributed by atoms with E-state index in [1.54, 1.807) is 0 Å². The van der Waals surface area contributed by atoms with Gasteiger partial charge in [-0.25, -0.2) is 0 Å². The highest BCUT2D eigenvalue weighted by Crippen LogP contribution is 2.34. The van der Waals surface area contributed by atoms with Gasteiger partial charge in [-0.1, -0.05) is 20.8 Å². The Balaban J connectivity index is 2.42. The molecular formula is C14H30N2. The van der Waals surface area contributed by atoms with E-state index >= 15 is 0 Å². The van der Waals surface area contributed by atoms with Gasteiger partial charge in [-0.15, -0.1) is 0 Å². The molecule has 0 aliphatic heterocycles. The number of nitrogens with zero attached hydrogens (tertiary/aromatic N) is 1. The van der Waals surface area contributed by atoms with E-state index in [0.29, 0.717) is 17.5 Å². The van der Waals surface area contributed by atoms with E-state index < -0.39 is 0 Å². The maximum Gasteiger partial charge on any atom is 0.0130 e. The molecule has 0 saturated heterocycles. The molecular weight excluding hydrogens is 196 g/mol. The van der Waals surface area contributed by atoms with Crippen molar-refractivity contribution in [3.8, 4) is 0 Å². The molecule has 0 heterocycles. The van der Waals surface area contributed by atoms with Crippen molar-refractivity contribution in [2.45, 2.75) is 59.0 Å². The molecule has 1 saturated carbocycles. The van der Waals surface area contributed by atoms with Crippen LogP contribution in [0.1, 0.15) is 47.0 Å². The highest BCUT2D eigenvalue weighted by Gasteiger charge is 2.32. The van der Waals surface area contributed by atoms with Crippen LogP contribution in [0.2, 0.25) is 0 Å². The van der Waals surface area contributed by atoms with Crippen LogP contribution in [-0.2, 0) is 0 Å². The van der Waals surface area contributed by atoms with E-state index in [1.165, 1.54) is 25.8 Å². The second-order valence-electron chi connectivity index (χ2n) is 6.80. The molecule has 1 fully saturated rings. The smallest absolute Gasteiger partial charge is 0.0130 e. The van der Waals surface area contributed by atoms with Crippen molar-refractivity contribution in [2.75, 3.05) is 20.6 Å². The molecule has 0 radical (unpaired) electrons. The fourth-order valence-electron chi connectivity index (χ4n) is 2.20. The fourth-order valence-corrected chi connectivity index (χ4v) is 2.20. The molecule has 0 amide bonds. The maximum atomic E-state index is 3.85. The van der Waals surface area contributed by atoms with Gasteiger partial charge in [-0.3, -0.25) is 0 Å². The first kappa shape index (κ1) is 14.0. The molecule has 96 valence electrons. The number of hydrogen-bond donors (Lipinski definition) is 1. The zero-order chi connectivity index (χ0) is 12.3. The van der Waals surface area contributed by atoms with E-state index in [9.17, 15) is 0 Å². The Morgan fingerprint density at radius 2 is 1.81 bits per heavy atom. The first-order valence-corrected chi connectivity index (χ1v) is 6.71. The summed E-state index contributed by atoms with van der Waals surface area (Å²) in [7, 11) is 4.31. The maximum absolute atomic E-state index is 3.85. The van der Waals surface area contributed by atoms with Gasteiger partial charge in [-0.2, -0.15) is 0 Å². The number of nitrogens with one attached hydrogen (secondary N) is 1. The lowest BCUT2D eigenvalue weighted by Gasteiger charge is -2.35. The normalized spacial score (nSPS) is 21.2. The van der Waals surface area contributed by atoms with Crippen LogP contribution in [0.15, 0.2) is 0 Å². The monoisotopic (exact) mass is 226 g/mol. The molecule has 2 heteroatoms. The second-order valence-corrected chi connectivity index (χ2v) is 6.80. The molecule has 0 bridgehead atoms. The van der Waals surface area contributed by atoms with E-state index in [4.69, 9.17) is 0 Å². The summed E-state index contributed by atoms with van der Waals surface area (Å²) in [5.74, 6) is 0.948. The fraction of sp³-hybridized carbons (Fsp3) is 1.00. The molecule has 1 N–H and O–H groups in total. The van der Waals surface area contributed by atoms with Gasteiger partial charge in [0.25, 0.3) is 0 Å². The quantitative estimate of drug-likeness (QED) is 0.749. The average molecular weight is 226 g/mol. The summed E-state index contributed by atoms with van der Waals surface area (Å²) in [6.07, 6.45) is 4.10. The van der Waals surface area contributed by atoms with Crippen LogP contribution in [0.4, 0.5) is 0 Å². The molecule has 2 nitrogen and oxygen atoms in total. The van der Waals surface area contributed by atoms with Crippen LogP contribution in [0, 0.1) is 11.3 Å². The predicted octanol–water partition coefficient (Wildman–Crippen LogP) is 2.74. The summed E-state index contributed by atoms with van der Waals surface area (Å²) in [4.78, 5) is 2.28. The average Bonchev–Trinajstić information content (AvgIpc) is 2.91. The van der Waals surface area contributed by atoms with Crippen LogP contribution >= 0.6 is 0 Å². The molecule has 0 aromatic heterocycles. The van der Waals surface area contributed by atoms with E-state index in [2.05, 4.69) is 52.0 Å². The van der Waals surface area contributed by atoms with Crippen molar-refractivity contribution < 1.29 is 0 Å². The summed E-state index contributed by atoms with van der Waals surface area (Å²) in [6, 6.07) is 1.33. The Hall–Kier alpha value is -0.0800. The first-order valence-electron chi connectivity index (χ1n) is 6.71. The Labute approximate surface area is 102 Å². The van der Waals surface area contributed by atoms with Crippen molar-refractivity contribution in [1.82, 2.24) is 10.2 Å². The SMILES string of the molecule is CC(NC(CCN(C)C)C(C)(C)C)C1CC1. The van der Waals surface area contributed by atoms with Gasteiger partial charge >= 0.3 is 0 Å². The van der Waals surface area contributed by atoms with E-state index in [-0.39, 0.29) is 0 Å². The van der Waals surface area contributed by atoms with Gasteiger partial charge in [0.15, 0.2) is 0 Å². The summed E-state index contributed by atoms with van der Waals surface area (Å²) in [6.45, 7) is 10.6. The Morgan fingerprint density at radius 1 is 1.25 bits per heavy atom. The van der Waals surface area contributed by atoms with Crippen molar-refractivity contribution in [3.05, 3.63) is 0 Å². The van der Waals surface area contributed by atoms with Gasteiger partial charge < -0.3 is 10.2 Å². The van der Waals surface area contributed by atoms with Crippen LogP contribution in [-0.4, -0.2) is 37.6 Å². The highest BCUT2D eigenvalue weighted by molar-refractivity contribution is 4.89. The third kappa shape index (κ3) is 4.84. The summed E-state index contributed by atoms with van der Waals surface area (Å²) in [5, 5.41) is 3.85. The van der Waals surface area contributed by atoms with Gasteiger partial charge in [0.1, 0.15) is 0 Å². The summed E-state index contributed by atoms with van der Waals surface area (Å²) >= 11 is 0. The molecule has 2 unspecified atom stereocenters. The van der Waals surface area contributed by atoms with Crippen molar-refractivity contribution in [1.29, 1.82) is 0 Å². The van der Waals surface area contributed by atoms with Crippen LogP contribution in [0.25, 0.3) is 0 Å². The minimum atomic E-state index is 0.360. The third-order valence-corrected chi connectivity index (χ3v) is 3.70. The minimum absolute atomic E-state index is 0.360. The molecule has 16 heavy (non-hydrogen) atoms. The van der Waals surface area contributed by atoms with Gasteiger partial charge in [0, 0.05) is 12.1 Å². The number of rotatable bonds is 6. The second kappa shape index (κ2) is 5.50. The van der Waals surface area contributed by atoms with Crippen LogP contribution in [0.5, 0.6) is 0 Å². The molecule has 0 spiro atoms. The van der Waals surface area contributed by atoms with Gasteiger partial charge in [-0.05, 0) is 58.2 Å². The van der Waals surface area contributed by atoms with E-state index in [0.717, 1.165) is 5.92 Å². The Bertz CT molecular complexity index is 201.